The van der Waals surface area contributed by atoms with E-state index >= 15 is 0 Å². The van der Waals surface area contributed by atoms with Crippen LogP contribution in [0.2, 0.25) is 0 Å². The van der Waals surface area contributed by atoms with Gasteiger partial charge in [-0.15, -0.1) is 0 Å². The van der Waals surface area contributed by atoms with Gasteiger partial charge in [-0.2, -0.15) is 4.84 Å². The van der Waals surface area contributed by atoms with Gasteiger partial charge in [-0.3, -0.25) is 0 Å². The van der Waals surface area contributed by atoms with Crippen LogP contribution >= 0.6 is 0 Å². The second kappa shape index (κ2) is 6.35. The standard InChI is InChI=1S/C10H24N2O2/c1-7(2)10(11-6)9(5)14-12(13)8(3)4/h7-12H,1-6H3. The van der Waals surface area contributed by atoms with Crippen LogP contribution in [0.1, 0.15) is 34.6 Å². The van der Waals surface area contributed by atoms with Crippen LogP contribution in [0.15, 0.2) is 0 Å². The summed E-state index contributed by atoms with van der Waals surface area (Å²) in [5, 5.41) is 14.4. The molecule has 2 N–H and O–H groups in total. The van der Waals surface area contributed by atoms with E-state index in [0.29, 0.717) is 5.92 Å². The van der Waals surface area contributed by atoms with Crippen molar-refractivity contribution in [3.05, 3.63) is 5.21 Å². The molecule has 0 aliphatic heterocycles. The topological polar surface area (TPSA) is 48.8 Å². The Balaban J connectivity index is 4.10. The Hall–Kier alpha value is -0.160. The second-order valence-corrected chi connectivity index (χ2v) is 4.36. The van der Waals surface area contributed by atoms with Crippen molar-refractivity contribution in [3.63, 3.8) is 0 Å². The highest BCUT2D eigenvalue weighted by molar-refractivity contribution is 4.74. The fourth-order valence-corrected chi connectivity index (χ4v) is 1.50. The van der Waals surface area contributed by atoms with E-state index in [9.17, 15) is 5.21 Å². The Morgan fingerprint density at radius 3 is 1.93 bits per heavy atom. The lowest BCUT2D eigenvalue weighted by Gasteiger charge is -2.32. The lowest BCUT2D eigenvalue weighted by Crippen LogP contribution is -3.10. The van der Waals surface area contributed by atoms with Crippen molar-refractivity contribution < 1.29 is 10.1 Å². The quantitative estimate of drug-likeness (QED) is 0.613. The molecule has 0 aliphatic carbocycles. The molecule has 0 rings (SSSR count). The summed E-state index contributed by atoms with van der Waals surface area (Å²) >= 11 is 0. The highest BCUT2D eigenvalue weighted by Gasteiger charge is 2.23. The molecule has 0 aromatic carbocycles. The fraction of sp³-hybridized carbons (Fsp3) is 1.00. The van der Waals surface area contributed by atoms with Crippen LogP contribution < -0.4 is 10.5 Å². The summed E-state index contributed by atoms with van der Waals surface area (Å²) in [6, 6.07) is 0.166. The molecule has 0 radical (unpaired) electrons. The molecule has 0 saturated heterocycles. The Labute approximate surface area is 87.1 Å². The Kier molecular flexibility index (Phi) is 6.27. The average molecular weight is 204 g/mol. The van der Waals surface area contributed by atoms with Crippen LogP contribution in [0.5, 0.6) is 0 Å². The minimum absolute atomic E-state index is 0.0536. The number of nitrogens with one attached hydrogen (secondary N) is 2. The molecule has 0 amide bonds. The van der Waals surface area contributed by atoms with Gasteiger partial charge < -0.3 is 10.5 Å². The Morgan fingerprint density at radius 2 is 1.64 bits per heavy atom. The van der Waals surface area contributed by atoms with Crippen molar-refractivity contribution >= 4 is 0 Å². The molecule has 86 valence electrons. The van der Waals surface area contributed by atoms with E-state index < -0.39 is 0 Å². The van der Waals surface area contributed by atoms with Crippen molar-refractivity contribution in [3.8, 4) is 0 Å². The zero-order valence-electron chi connectivity index (χ0n) is 10.1. The molecular formula is C10H24N2O2. The van der Waals surface area contributed by atoms with E-state index in [-0.39, 0.29) is 23.4 Å². The van der Waals surface area contributed by atoms with Crippen LogP contribution in [0.4, 0.5) is 0 Å². The van der Waals surface area contributed by atoms with Crippen LogP contribution in [-0.4, -0.2) is 25.2 Å². The summed E-state index contributed by atoms with van der Waals surface area (Å²) in [7, 11) is 1.89. The van der Waals surface area contributed by atoms with Gasteiger partial charge in [0.25, 0.3) is 0 Å². The zero-order valence-corrected chi connectivity index (χ0v) is 10.1. The molecule has 0 aromatic rings. The van der Waals surface area contributed by atoms with Crippen molar-refractivity contribution in [1.29, 1.82) is 0 Å². The van der Waals surface area contributed by atoms with Gasteiger partial charge in [-0.1, -0.05) is 13.8 Å². The molecule has 0 saturated carbocycles. The van der Waals surface area contributed by atoms with E-state index in [1.807, 2.05) is 27.8 Å². The van der Waals surface area contributed by atoms with E-state index in [2.05, 4.69) is 19.2 Å². The fourth-order valence-electron chi connectivity index (χ4n) is 1.50. The van der Waals surface area contributed by atoms with Crippen LogP contribution in [0.3, 0.4) is 0 Å². The monoisotopic (exact) mass is 204 g/mol. The Morgan fingerprint density at radius 1 is 1.14 bits per heavy atom. The molecule has 14 heavy (non-hydrogen) atoms. The van der Waals surface area contributed by atoms with Gasteiger partial charge in [0.15, 0.2) is 0 Å². The number of rotatable bonds is 6. The summed E-state index contributed by atoms with van der Waals surface area (Å²) in [4.78, 5) is 5.32. The molecule has 4 heteroatoms. The number of hydrogen-bond donors (Lipinski definition) is 2. The highest BCUT2D eigenvalue weighted by Crippen LogP contribution is 2.07. The predicted molar refractivity (Wildman–Crippen MR) is 57.7 cm³/mol. The van der Waals surface area contributed by atoms with Crippen LogP contribution in [0, 0.1) is 11.1 Å². The molecule has 3 atom stereocenters. The SMILES string of the molecule is CNC(C(C)C)C(C)O[NH+]([O-])C(C)C. The third kappa shape index (κ3) is 4.37. The summed E-state index contributed by atoms with van der Waals surface area (Å²) in [6.45, 7) is 9.85. The molecule has 0 spiro atoms. The predicted octanol–water partition coefficient (Wildman–Crippen LogP) is 0.342. The zero-order chi connectivity index (χ0) is 11.3. The minimum atomic E-state index is -0.126. The first-order valence-corrected chi connectivity index (χ1v) is 5.27. The molecule has 0 heterocycles. The molecular weight excluding hydrogens is 180 g/mol. The molecule has 0 aliphatic rings. The minimum Gasteiger partial charge on any atom is -0.600 e. The lowest BCUT2D eigenvalue weighted by molar-refractivity contribution is -1.07. The second-order valence-electron chi connectivity index (χ2n) is 4.36. The van der Waals surface area contributed by atoms with Crippen molar-refractivity contribution in [2.24, 2.45) is 5.92 Å². The number of hydrogen-bond acceptors (Lipinski definition) is 3. The van der Waals surface area contributed by atoms with Gasteiger partial charge in [0.05, 0.1) is 0 Å². The molecule has 3 unspecified atom stereocenters. The Bertz CT molecular complexity index is 151. The first-order valence-electron chi connectivity index (χ1n) is 5.27. The van der Waals surface area contributed by atoms with Crippen molar-refractivity contribution in [2.75, 3.05) is 7.05 Å². The van der Waals surface area contributed by atoms with Crippen LogP contribution in [0.25, 0.3) is 0 Å². The smallest absolute Gasteiger partial charge is 0.130 e. The van der Waals surface area contributed by atoms with Gasteiger partial charge in [0, 0.05) is 6.04 Å². The number of quaternary nitrogens is 1. The molecule has 4 nitrogen and oxygen atoms in total. The maximum atomic E-state index is 11.3. The van der Waals surface area contributed by atoms with Gasteiger partial charge in [0.1, 0.15) is 12.1 Å². The largest absolute Gasteiger partial charge is 0.600 e. The molecule has 0 fully saturated rings. The number of hydroxylamine groups is 2. The van der Waals surface area contributed by atoms with Crippen LogP contribution in [-0.2, 0) is 4.84 Å². The van der Waals surface area contributed by atoms with Gasteiger partial charge in [-0.25, -0.2) is 5.23 Å². The summed E-state index contributed by atoms with van der Waals surface area (Å²) in [5.41, 5.74) is 0. The maximum Gasteiger partial charge on any atom is 0.130 e. The summed E-state index contributed by atoms with van der Waals surface area (Å²) in [5.74, 6) is 0.454. The first kappa shape index (κ1) is 13.8. The van der Waals surface area contributed by atoms with E-state index in [1.54, 1.807) is 0 Å². The van der Waals surface area contributed by atoms with Crippen molar-refractivity contribution in [2.45, 2.75) is 52.8 Å². The van der Waals surface area contributed by atoms with Gasteiger partial charge in [-0.05, 0) is 33.7 Å². The van der Waals surface area contributed by atoms with E-state index in [1.165, 1.54) is 0 Å². The lowest BCUT2D eigenvalue weighted by atomic mass is 10.00. The van der Waals surface area contributed by atoms with E-state index in [4.69, 9.17) is 4.84 Å². The molecule has 0 bridgehead atoms. The third-order valence-electron chi connectivity index (χ3n) is 2.33. The third-order valence-corrected chi connectivity index (χ3v) is 2.33. The summed E-state index contributed by atoms with van der Waals surface area (Å²) < 4.78 is 0. The van der Waals surface area contributed by atoms with Gasteiger partial charge in [0.2, 0.25) is 0 Å². The van der Waals surface area contributed by atoms with E-state index in [0.717, 1.165) is 0 Å². The van der Waals surface area contributed by atoms with Gasteiger partial charge >= 0.3 is 0 Å². The van der Waals surface area contributed by atoms with Crippen molar-refractivity contribution in [1.82, 2.24) is 5.32 Å². The number of likely N-dealkylation sites (N-methyl/N-ethyl adjacent to an activating group) is 1. The average Bonchev–Trinajstić information content (AvgIpc) is 2.04. The molecule has 0 aromatic heterocycles. The summed E-state index contributed by atoms with van der Waals surface area (Å²) in [6.07, 6.45) is -0.0742. The highest BCUT2D eigenvalue weighted by atomic mass is 16.9. The maximum absolute atomic E-state index is 11.3. The normalized spacial score (nSPS) is 18.6. The first-order chi connectivity index (χ1) is 6.40.